The van der Waals surface area contributed by atoms with E-state index in [2.05, 4.69) is 24.8 Å². The van der Waals surface area contributed by atoms with Gasteiger partial charge in [-0.05, 0) is 26.0 Å². The van der Waals surface area contributed by atoms with Crippen LogP contribution in [0.5, 0.6) is 0 Å². The molecule has 1 aromatic rings. The van der Waals surface area contributed by atoms with Crippen molar-refractivity contribution in [2.24, 2.45) is 5.73 Å². The minimum absolute atomic E-state index is 0.0265. The lowest BCUT2D eigenvalue weighted by Crippen LogP contribution is -2.55. The second kappa shape index (κ2) is 5.24. The number of hydrogen-bond acceptors (Lipinski definition) is 4. The molecule has 1 saturated heterocycles. The third kappa shape index (κ3) is 2.83. The van der Waals surface area contributed by atoms with Crippen LogP contribution in [0.15, 0.2) is 12.1 Å². The summed E-state index contributed by atoms with van der Waals surface area (Å²) in [6.45, 7) is 7.46. The number of nitrogens with two attached hydrogens (primary N) is 1. The number of nitrogens with zero attached hydrogens (tertiary/aromatic N) is 1. The maximum absolute atomic E-state index is 6.01. The van der Waals surface area contributed by atoms with E-state index in [4.69, 9.17) is 22.1 Å². The molecule has 1 aliphatic rings. The Hall–Kier alpha value is -0.130. The van der Waals surface area contributed by atoms with Crippen LogP contribution in [0.3, 0.4) is 0 Å². The van der Waals surface area contributed by atoms with Crippen molar-refractivity contribution in [1.82, 2.24) is 4.90 Å². The van der Waals surface area contributed by atoms with Crippen molar-refractivity contribution in [3.8, 4) is 0 Å². The number of halogens is 1. The van der Waals surface area contributed by atoms with Crippen LogP contribution in [0.4, 0.5) is 0 Å². The summed E-state index contributed by atoms with van der Waals surface area (Å²) in [4.78, 5) is 3.67. The van der Waals surface area contributed by atoms with Gasteiger partial charge in [-0.15, -0.1) is 11.3 Å². The van der Waals surface area contributed by atoms with E-state index in [1.54, 1.807) is 11.3 Å². The van der Waals surface area contributed by atoms with Crippen LogP contribution in [0, 0.1) is 0 Å². The minimum Gasteiger partial charge on any atom is -0.378 e. The molecule has 0 saturated carbocycles. The van der Waals surface area contributed by atoms with E-state index >= 15 is 0 Å². The summed E-state index contributed by atoms with van der Waals surface area (Å²) in [6.07, 6.45) is 0. The summed E-state index contributed by atoms with van der Waals surface area (Å²) in [7, 11) is 0. The summed E-state index contributed by atoms with van der Waals surface area (Å²) in [5.41, 5.74) is 5.97. The van der Waals surface area contributed by atoms with Crippen LogP contribution >= 0.6 is 22.9 Å². The fraction of sp³-hybridized carbons (Fsp3) is 0.667. The molecule has 5 heteroatoms. The molecule has 2 rings (SSSR count). The predicted molar refractivity (Wildman–Crippen MR) is 72.7 cm³/mol. The Bertz CT molecular complexity index is 380. The van der Waals surface area contributed by atoms with E-state index < -0.39 is 0 Å². The van der Waals surface area contributed by atoms with Crippen LogP contribution in [0.1, 0.15) is 24.8 Å². The van der Waals surface area contributed by atoms with Crippen LogP contribution in [-0.4, -0.2) is 36.7 Å². The van der Waals surface area contributed by atoms with Gasteiger partial charge in [0.25, 0.3) is 0 Å². The maximum Gasteiger partial charge on any atom is 0.0931 e. The molecule has 0 aromatic carbocycles. The van der Waals surface area contributed by atoms with Gasteiger partial charge in [-0.25, -0.2) is 0 Å². The molecule has 0 radical (unpaired) electrons. The van der Waals surface area contributed by atoms with E-state index in [-0.39, 0.29) is 11.6 Å². The monoisotopic (exact) mass is 274 g/mol. The third-order valence-electron chi connectivity index (χ3n) is 3.23. The zero-order chi connectivity index (χ0) is 12.5. The predicted octanol–water partition coefficient (Wildman–Crippen LogP) is 2.51. The molecule has 2 N–H and O–H groups in total. The summed E-state index contributed by atoms with van der Waals surface area (Å²) >= 11 is 7.62. The molecule has 17 heavy (non-hydrogen) atoms. The van der Waals surface area contributed by atoms with Gasteiger partial charge < -0.3 is 10.5 Å². The number of hydrogen-bond donors (Lipinski definition) is 1. The van der Waals surface area contributed by atoms with Gasteiger partial charge in [0.15, 0.2) is 0 Å². The van der Waals surface area contributed by atoms with Gasteiger partial charge in [-0.2, -0.15) is 0 Å². The van der Waals surface area contributed by atoms with Crippen LogP contribution in [0.2, 0.25) is 4.34 Å². The highest BCUT2D eigenvalue weighted by atomic mass is 35.5. The fourth-order valence-electron chi connectivity index (χ4n) is 2.35. The Balaban J connectivity index is 2.22. The highest BCUT2D eigenvalue weighted by Gasteiger charge is 2.36. The first-order valence-corrected chi connectivity index (χ1v) is 7.04. The first-order chi connectivity index (χ1) is 8.04. The topological polar surface area (TPSA) is 38.5 Å². The third-order valence-corrected chi connectivity index (χ3v) is 4.56. The molecule has 3 nitrogen and oxygen atoms in total. The second-order valence-corrected chi connectivity index (χ2v) is 6.70. The highest BCUT2D eigenvalue weighted by molar-refractivity contribution is 7.16. The van der Waals surface area contributed by atoms with Gasteiger partial charge in [-0.1, -0.05) is 11.6 Å². The first-order valence-electron chi connectivity index (χ1n) is 5.84. The van der Waals surface area contributed by atoms with Crippen molar-refractivity contribution in [3.05, 3.63) is 21.3 Å². The van der Waals surface area contributed by atoms with Gasteiger partial charge in [0.2, 0.25) is 0 Å². The average Bonchev–Trinajstić information content (AvgIpc) is 2.68. The SMILES string of the molecule is CC1(C)COCCN1C(CN)c1ccc(Cl)s1. The molecular formula is C12H19ClN2OS. The summed E-state index contributed by atoms with van der Waals surface area (Å²) in [5.74, 6) is 0. The molecule has 1 atom stereocenters. The van der Waals surface area contributed by atoms with Crippen molar-refractivity contribution >= 4 is 22.9 Å². The van der Waals surface area contributed by atoms with Gasteiger partial charge in [0.1, 0.15) is 0 Å². The molecule has 1 fully saturated rings. The summed E-state index contributed by atoms with van der Waals surface area (Å²) in [5, 5.41) is 0. The zero-order valence-corrected chi connectivity index (χ0v) is 11.9. The largest absolute Gasteiger partial charge is 0.378 e. The molecular weight excluding hydrogens is 256 g/mol. The molecule has 1 aliphatic heterocycles. The van der Waals surface area contributed by atoms with E-state index in [0.29, 0.717) is 6.54 Å². The first kappa shape index (κ1) is 13.3. The normalized spacial score (nSPS) is 22.6. The van der Waals surface area contributed by atoms with Gasteiger partial charge in [0.05, 0.1) is 23.6 Å². The van der Waals surface area contributed by atoms with Crippen molar-refractivity contribution in [3.63, 3.8) is 0 Å². The lowest BCUT2D eigenvalue weighted by molar-refractivity contribution is -0.0706. The number of morpholine rings is 1. The zero-order valence-electron chi connectivity index (χ0n) is 10.3. The number of ether oxygens (including phenoxy) is 1. The Morgan fingerprint density at radius 3 is 2.88 bits per heavy atom. The Labute approximate surface area is 112 Å². The van der Waals surface area contributed by atoms with E-state index in [0.717, 1.165) is 24.1 Å². The molecule has 0 spiro atoms. The molecule has 0 bridgehead atoms. The summed E-state index contributed by atoms with van der Waals surface area (Å²) in [6, 6.07) is 4.26. The number of thiophene rings is 1. The number of rotatable bonds is 3. The molecule has 96 valence electrons. The van der Waals surface area contributed by atoms with Crippen LogP contribution < -0.4 is 5.73 Å². The van der Waals surface area contributed by atoms with E-state index in [1.807, 2.05) is 6.07 Å². The van der Waals surface area contributed by atoms with E-state index in [1.165, 1.54) is 4.88 Å². The van der Waals surface area contributed by atoms with Gasteiger partial charge in [0, 0.05) is 23.5 Å². The van der Waals surface area contributed by atoms with Crippen molar-refractivity contribution in [1.29, 1.82) is 0 Å². The molecule has 0 amide bonds. The van der Waals surface area contributed by atoms with Crippen molar-refractivity contribution in [2.75, 3.05) is 26.3 Å². The smallest absolute Gasteiger partial charge is 0.0931 e. The lowest BCUT2D eigenvalue weighted by atomic mass is 9.99. The van der Waals surface area contributed by atoms with Crippen LogP contribution in [0.25, 0.3) is 0 Å². The Kier molecular flexibility index (Phi) is 4.10. The van der Waals surface area contributed by atoms with Crippen molar-refractivity contribution in [2.45, 2.75) is 25.4 Å². The van der Waals surface area contributed by atoms with E-state index in [9.17, 15) is 0 Å². The quantitative estimate of drug-likeness (QED) is 0.920. The lowest BCUT2D eigenvalue weighted by Gasteiger charge is -2.46. The Morgan fingerprint density at radius 1 is 1.59 bits per heavy atom. The second-order valence-electron chi connectivity index (χ2n) is 4.95. The average molecular weight is 275 g/mol. The minimum atomic E-state index is 0.0265. The molecule has 2 heterocycles. The molecule has 1 unspecified atom stereocenters. The Morgan fingerprint density at radius 2 is 2.35 bits per heavy atom. The molecule has 0 aliphatic carbocycles. The molecule has 1 aromatic heterocycles. The highest BCUT2D eigenvalue weighted by Crippen LogP contribution is 2.34. The van der Waals surface area contributed by atoms with Gasteiger partial charge >= 0.3 is 0 Å². The fourth-order valence-corrected chi connectivity index (χ4v) is 3.54. The maximum atomic E-state index is 6.01. The standard InChI is InChI=1S/C12H19ClN2OS/c1-12(2)8-16-6-5-15(12)9(7-14)10-3-4-11(13)17-10/h3-4,9H,5-8,14H2,1-2H3. The summed E-state index contributed by atoms with van der Waals surface area (Å²) < 4.78 is 6.37. The van der Waals surface area contributed by atoms with Crippen molar-refractivity contribution < 1.29 is 4.74 Å². The van der Waals surface area contributed by atoms with Gasteiger partial charge in [-0.3, -0.25) is 4.90 Å². The van der Waals surface area contributed by atoms with Crippen LogP contribution in [-0.2, 0) is 4.74 Å².